The molecule has 0 fully saturated rings. The van der Waals surface area contributed by atoms with E-state index in [1.54, 1.807) is 86.2 Å². The van der Waals surface area contributed by atoms with Gasteiger partial charge in [-0.05, 0) is 0 Å². The van der Waals surface area contributed by atoms with Crippen molar-refractivity contribution in [1.29, 1.82) is 0 Å². The van der Waals surface area contributed by atoms with E-state index >= 15 is 0 Å². The zero-order valence-corrected chi connectivity index (χ0v) is 16.5. The lowest BCUT2D eigenvalue weighted by molar-refractivity contribution is 0.0840. The lowest BCUT2D eigenvalue weighted by Gasteiger charge is -2.37. The molecule has 0 aliphatic carbocycles. The summed E-state index contributed by atoms with van der Waals surface area (Å²) in [6.07, 6.45) is -1.16. The van der Waals surface area contributed by atoms with E-state index in [4.69, 9.17) is 4.74 Å². The topological polar surface area (TPSA) is 95.5 Å². The molecule has 1 N–H and O–H groups in total. The van der Waals surface area contributed by atoms with Crippen molar-refractivity contribution in [3.8, 4) is 0 Å². The Morgan fingerprint density at radius 1 is 1.04 bits per heavy atom. The van der Waals surface area contributed by atoms with Gasteiger partial charge in [-0.3, -0.25) is 8.93 Å². The van der Waals surface area contributed by atoms with Crippen molar-refractivity contribution >= 4 is 35.1 Å². The molecule has 0 aliphatic heterocycles. The van der Waals surface area contributed by atoms with E-state index in [2.05, 4.69) is 0 Å². The molecule has 0 radical (unpaired) electrons. The Balaban J connectivity index is 2.62. The van der Waals surface area contributed by atoms with Crippen LogP contribution in [0.15, 0.2) is 60.7 Å². The number of carbonyl (C=O) groups is 1. The van der Waals surface area contributed by atoms with Crippen molar-refractivity contribution in [3.05, 3.63) is 60.7 Å². The van der Waals surface area contributed by atoms with Gasteiger partial charge < -0.3 is 13.9 Å². The summed E-state index contributed by atoms with van der Waals surface area (Å²) in [5, 5.41) is 1.06. The smallest absolute Gasteiger partial charge is 0.419 e. The van der Waals surface area contributed by atoms with Crippen LogP contribution in [0.1, 0.15) is 20.8 Å². The van der Waals surface area contributed by atoms with Crippen molar-refractivity contribution in [2.24, 2.45) is 5.41 Å². The molecule has 2 unspecified atom stereocenters. The first-order valence-electron chi connectivity index (χ1n) is 7.93. The van der Waals surface area contributed by atoms with E-state index in [1.807, 2.05) is 0 Å². The molecule has 0 aliphatic rings. The lowest BCUT2D eigenvalue weighted by Crippen LogP contribution is -2.41. The lowest BCUT2D eigenvalue weighted by atomic mass is 9.98. The Hall–Kier alpha value is -1.95. The molecule has 0 heterocycles. The molecular formula is C18H21NO5PS-. The Kier molecular flexibility index (Phi) is 6.39. The van der Waals surface area contributed by atoms with Crippen LogP contribution in [0.4, 0.5) is 4.79 Å². The van der Waals surface area contributed by atoms with Crippen molar-refractivity contribution in [2.75, 3.05) is 0 Å². The molecule has 1 amide bonds. The monoisotopic (exact) mass is 394 g/mol. The molecule has 0 saturated carbocycles. The Morgan fingerprint density at radius 2 is 1.46 bits per heavy atom. The SMILES string of the molecule is CC(C)(C)C(OC(=O)NS(=O)[O-])P(=O)(c1ccccc1)c1ccccc1. The largest absolute Gasteiger partial charge is 0.755 e. The standard InChI is InChI=1S/C18H22NO5PS/c1-18(2,3)16(24-17(20)19-26(22)23)25(21,14-10-6-4-7-11-14)15-12-8-5-9-13-15/h4-13,16H,1-3H3,(H,19,20)(H,22,23)/p-1. The van der Waals surface area contributed by atoms with Crippen LogP contribution in [0.3, 0.4) is 0 Å². The number of amides is 1. The van der Waals surface area contributed by atoms with Crippen LogP contribution in [0.25, 0.3) is 0 Å². The first-order chi connectivity index (χ1) is 12.2. The fourth-order valence-corrected chi connectivity index (χ4v) is 6.30. The van der Waals surface area contributed by atoms with Crippen LogP contribution in [-0.2, 0) is 20.6 Å². The average molecular weight is 394 g/mol. The summed E-state index contributed by atoms with van der Waals surface area (Å²) in [5.41, 5.74) is -0.719. The second kappa shape index (κ2) is 8.16. The predicted octanol–water partition coefficient (Wildman–Crippen LogP) is 2.89. The summed E-state index contributed by atoms with van der Waals surface area (Å²) in [6.45, 7) is 5.37. The van der Waals surface area contributed by atoms with E-state index in [0.29, 0.717) is 10.6 Å². The predicted molar refractivity (Wildman–Crippen MR) is 102 cm³/mol. The molecule has 26 heavy (non-hydrogen) atoms. The van der Waals surface area contributed by atoms with Gasteiger partial charge in [0.2, 0.25) is 0 Å². The quantitative estimate of drug-likeness (QED) is 0.621. The number of nitrogens with one attached hydrogen (secondary N) is 1. The van der Waals surface area contributed by atoms with E-state index in [0.717, 1.165) is 0 Å². The molecular weight excluding hydrogens is 373 g/mol. The highest BCUT2D eigenvalue weighted by Crippen LogP contribution is 2.55. The number of rotatable bonds is 5. The summed E-state index contributed by atoms with van der Waals surface area (Å²) in [4.78, 5) is 12.0. The van der Waals surface area contributed by atoms with Gasteiger partial charge in [0.05, 0.1) is 0 Å². The summed E-state index contributed by atoms with van der Waals surface area (Å²) < 4.78 is 42.9. The van der Waals surface area contributed by atoms with Gasteiger partial charge in [0, 0.05) is 27.3 Å². The molecule has 140 valence electrons. The number of hydrogen-bond donors (Lipinski definition) is 1. The molecule has 0 saturated heterocycles. The number of hydrogen-bond acceptors (Lipinski definition) is 5. The molecule has 8 heteroatoms. The molecule has 0 aromatic heterocycles. The van der Waals surface area contributed by atoms with E-state index in [9.17, 15) is 18.1 Å². The molecule has 2 aromatic carbocycles. The molecule has 2 aromatic rings. The van der Waals surface area contributed by atoms with Gasteiger partial charge in [0.1, 0.15) is 0 Å². The minimum absolute atomic E-state index is 0.530. The Labute approximate surface area is 155 Å². The third kappa shape index (κ3) is 4.61. The van der Waals surface area contributed by atoms with Crippen molar-refractivity contribution in [3.63, 3.8) is 0 Å². The van der Waals surface area contributed by atoms with Crippen LogP contribution < -0.4 is 15.3 Å². The van der Waals surface area contributed by atoms with Crippen LogP contribution in [0.5, 0.6) is 0 Å². The Bertz CT molecular complexity index is 777. The van der Waals surface area contributed by atoms with Crippen LogP contribution in [0.2, 0.25) is 0 Å². The van der Waals surface area contributed by atoms with E-state index in [-0.39, 0.29) is 0 Å². The Morgan fingerprint density at radius 3 is 1.81 bits per heavy atom. The fraction of sp³-hybridized carbons (Fsp3) is 0.278. The number of carbonyl (C=O) groups excluding carboxylic acids is 1. The fourth-order valence-electron chi connectivity index (χ4n) is 2.71. The van der Waals surface area contributed by atoms with Crippen LogP contribution in [-0.4, -0.2) is 20.7 Å². The van der Waals surface area contributed by atoms with Gasteiger partial charge in [-0.1, -0.05) is 81.4 Å². The van der Waals surface area contributed by atoms with Gasteiger partial charge >= 0.3 is 6.09 Å². The summed E-state index contributed by atoms with van der Waals surface area (Å²) in [5.74, 6) is -1.07. The normalized spacial score (nSPS) is 14.3. The third-order valence-electron chi connectivity index (χ3n) is 3.74. The zero-order chi connectivity index (χ0) is 19.4. The van der Waals surface area contributed by atoms with Crippen LogP contribution in [0, 0.1) is 5.41 Å². The van der Waals surface area contributed by atoms with Gasteiger partial charge in [0.15, 0.2) is 13.0 Å². The van der Waals surface area contributed by atoms with Crippen LogP contribution >= 0.6 is 7.14 Å². The molecule has 2 atom stereocenters. The molecule has 6 nitrogen and oxygen atoms in total. The minimum Gasteiger partial charge on any atom is -0.755 e. The molecule has 0 spiro atoms. The first-order valence-corrected chi connectivity index (χ1v) is 10.8. The second-order valence-electron chi connectivity index (χ2n) is 6.79. The summed E-state index contributed by atoms with van der Waals surface area (Å²) >= 11 is -2.82. The minimum atomic E-state index is -3.44. The van der Waals surface area contributed by atoms with E-state index < -0.39 is 35.8 Å². The van der Waals surface area contributed by atoms with Gasteiger partial charge in [-0.15, -0.1) is 0 Å². The highest BCUT2D eigenvalue weighted by molar-refractivity contribution is 7.79. The van der Waals surface area contributed by atoms with Gasteiger partial charge in [-0.25, -0.2) is 4.79 Å². The first kappa shape index (κ1) is 20.4. The van der Waals surface area contributed by atoms with Crippen molar-refractivity contribution in [2.45, 2.75) is 26.6 Å². The van der Waals surface area contributed by atoms with Crippen molar-refractivity contribution in [1.82, 2.24) is 4.72 Å². The maximum Gasteiger partial charge on any atom is 0.419 e. The molecule has 2 rings (SSSR count). The second-order valence-corrected chi connectivity index (χ2v) is 10.3. The van der Waals surface area contributed by atoms with Crippen molar-refractivity contribution < 1.29 is 22.9 Å². The third-order valence-corrected chi connectivity index (χ3v) is 7.74. The van der Waals surface area contributed by atoms with Gasteiger partial charge in [0.25, 0.3) is 0 Å². The summed E-state index contributed by atoms with van der Waals surface area (Å²) in [7, 11) is -3.44. The molecule has 0 bridgehead atoms. The maximum atomic E-state index is 14.3. The van der Waals surface area contributed by atoms with E-state index in [1.165, 1.54) is 0 Å². The summed E-state index contributed by atoms with van der Waals surface area (Å²) in [6, 6.07) is 17.5. The average Bonchev–Trinajstić information content (AvgIpc) is 2.59. The van der Waals surface area contributed by atoms with Gasteiger partial charge in [-0.2, -0.15) is 0 Å². The zero-order valence-electron chi connectivity index (χ0n) is 14.7. The maximum absolute atomic E-state index is 14.3. The number of benzene rings is 2. The highest BCUT2D eigenvalue weighted by atomic mass is 32.2. The number of ether oxygens (including phenoxy) is 1. The highest BCUT2D eigenvalue weighted by Gasteiger charge is 2.46.